The van der Waals surface area contributed by atoms with Gasteiger partial charge in [-0.05, 0) is 43.3 Å². The van der Waals surface area contributed by atoms with Crippen LogP contribution in [-0.2, 0) is 0 Å². The minimum Gasteiger partial charge on any atom is -0.508 e. The van der Waals surface area contributed by atoms with Gasteiger partial charge in [0.2, 0.25) is 0 Å². The van der Waals surface area contributed by atoms with Crippen molar-refractivity contribution in [1.29, 1.82) is 0 Å². The van der Waals surface area contributed by atoms with Crippen LogP contribution in [0.1, 0.15) is 15.9 Å². The number of anilines is 1. The number of hydrogen-bond acceptors (Lipinski definition) is 4. The van der Waals surface area contributed by atoms with Gasteiger partial charge >= 0.3 is 0 Å². The van der Waals surface area contributed by atoms with Crippen LogP contribution in [0.4, 0.5) is 10.1 Å². The van der Waals surface area contributed by atoms with Gasteiger partial charge in [-0.25, -0.2) is 9.07 Å². The highest BCUT2D eigenvalue weighted by Gasteiger charge is 2.27. The van der Waals surface area contributed by atoms with Gasteiger partial charge in [0.05, 0.1) is 11.3 Å². The molecule has 3 aromatic carbocycles. The molecule has 0 aliphatic carbocycles. The maximum absolute atomic E-state index is 13.6. The zero-order valence-electron chi connectivity index (χ0n) is 18.9. The van der Waals surface area contributed by atoms with E-state index in [1.54, 1.807) is 35.1 Å². The molecule has 172 valence electrons. The molecule has 2 heterocycles. The van der Waals surface area contributed by atoms with Crippen LogP contribution in [-0.4, -0.2) is 51.9 Å². The van der Waals surface area contributed by atoms with Gasteiger partial charge in [-0.15, -0.1) is 0 Å². The molecule has 1 aromatic heterocycles. The summed E-state index contributed by atoms with van der Waals surface area (Å²) in [4.78, 5) is 17.6. The van der Waals surface area contributed by atoms with Gasteiger partial charge < -0.3 is 14.9 Å². The van der Waals surface area contributed by atoms with E-state index >= 15 is 0 Å². The molecule has 0 saturated carbocycles. The van der Waals surface area contributed by atoms with Crippen LogP contribution in [0.25, 0.3) is 16.9 Å². The minimum absolute atomic E-state index is 0.0838. The second-order valence-corrected chi connectivity index (χ2v) is 8.48. The van der Waals surface area contributed by atoms with Gasteiger partial charge in [0.1, 0.15) is 17.3 Å². The third-order valence-corrected chi connectivity index (χ3v) is 6.12. The first-order valence-corrected chi connectivity index (χ1v) is 11.2. The first kappa shape index (κ1) is 21.7. The van der Waals surface area contributed by atoms with E-state index in [9.17, 15) is 14.3 Å². The molecule has 4 aromatic rings. The third-order valence-electron chi connectivity index (χ3n) is 6.12. The standard InChI is InChI=1S/C27H25FN4O2/c1-19-5-7-20(8-6-19)26-25(18-32(29-26)22-11-9-21(28)10-12-22)27(34)31-15-13-30(14-16-31)23-3-2-4-24(33)17-23/h2-12,17-18,33H,13-16H2,1H3. The molecule has 1 saturated heterocycles. The van der Waals surface area contributed by atoms with Crippen LogP contribution >= 0.6 is 0 Å². The fourth-order valence-electron chi connectivity index (χ4n) is 4.21. The number of amides is 1. The van der Waals surface area contributed by atoms with Crippen molar-refractivity contribution in [3.05, 3.63) is 95.9 Å². The van der Waals surface area contributed by atoms with E-state index in [0.29, 0.717) is 43.1 Å². The van der Waals surface area contributed by atoms with Gasteiger partial charge in [-0.1, -0.05) is 35.9 Å². The number of halogens is 1. The summed E-state index contributed by atoms with van der Waals surface area (Å²) in [6, 6.07) is 21.1. The lowest BCUT2D eigenvalue weighted by Gasteiger charge is -2.36. The first-order chi connectivity index (χ1) is 16.5. The number of aromatic nitrogens is 2. The number of aryl methyl sites for hydroxylation is 1. The Morgan fingerprint density at radius 1 is 0.912 bits per heavy atom. The maximum Gasteiger partial charge on any atom is 0.257 e. The lowest BCUT2D eigenvalue weighted by molar-refractivity contribution is 0.0747. The van der Waals surface area contributed by atoms with Crippen molar-refractivity contribution in [1.82, 2.24) is 14.7 Å². The van der Waals surface area contributed by atoms with E-state index in [1.165, 1.54) is 12.1 Å². The number of benzene rings is 3. The van der Waals surface area contributed by atoms with Crippen LogP contribution in [0.15, 0.2) is 79.0 Å². The number of carbonyl (C=O) groups excluding carboxylic acids is 1. The molecular weight excluding hydrogens is 431 g/mol. The fraction of sp³-hybridized carbons (Fsp3) is 0.185. The topological polar surface area (TPSA) is 61.6 Å². The highest BCUT2D eigenvalue weighted by atomic mass is 19.1. The smallest absolute Gasteiger partial charge is 0.257 e. The number of rotatable bonds is 4. The van der Waals surface area contributed by atoms with Gasteiger partial charge in [0, 0.05) is 49.7 Å². The average Bonchev–Trinajstić information content (AvgIpc) is 3.30. The Labute approximate surface area is 197 Å². The molecule has 0 unspecified atom stereocenters. The normalized spacial score (nSPS) is 13.8. The average molecular weight is 457 g/mol. The van der Waals surface area contributed by atoms with Crippen LogP contribution in [0, 0.1) is 12.7 Å². The highest BCUT2D eigenvalue weighted by Crippen LogP contribution is 2.27. The highest BCUT2D eigenvalue weighted by molar-refractivity contribution is 6.00. The van der Waals surface area contributed by atoms with Gasteiger partial charge in [-0.2, -0.15) is 5.10 Å². The van der Waals surface area contributed by atoms with Crippen molar-refractivity contribution in [3.8, 4) is 22.7 Å². The summed E-state index contributed by atoms with van der Waals surface area (Å²) in [5.74, 6) is -0.179. The second-order valence-electron chi connectivity index (χ2n) is 8.48. The summed E-state index contributed by atoms with van der Waals surface area (Å²) < 4.78 is 15.1. The number of phenolic OH excluding ortho intramolecular Hbond substituents is 1. The Morgan fingerprint density at radius 3 is 2.29 bits per heavy atom. The Morgan fingerprint density at radius 2 is 1.62 bits per heavy atom. The quantitative estimate of drug-likeness (QED) is 0.486. The Kier molecular flexibility index (Phi) is 5.76. The molecule has 5 rings (SSSR count). The summed E-state index contributed by atoms with van der Waals surface area (Å²) in [5, 5.41) is 14.5. The summed E-state index contributed by atoms with van der Waals surface area (Å²) >= 11 is 0. The zero-order valence-corrected chi connectivity index (χ0v) is 18.9. The molecule has 1 amide bonds. The fourth-order valence-corrected chi connectivity index (χ4v) is 4.21. The summed E-state index contributed by atoms with van der Waals surface area (Å²) in [7, 11) is 0. The van der Waals surface area contributed by atoms with Gasteiger partial charge in [0.25, 0.3) is 5.91 Å². The number of hydrogen-bond donors (Lipinski definition) is 1. The SMILES string of the molecule is Cc1ccc(-c2nn(-c3ccc(F)cc3)cc2C(=O)N2CCN(c3cccc(O)c3)CC2)cc1. The Balaban J connectivity index is 1.43. The van der Waals surface area contributed by atoms with E-state index in [0.717, 1.165) is 16.8 Å². The van der Waals surface area contributed by atoms with Crippen molar-refractivity contribution in [2.24, 2.45) is 0 Å². The molecule has 0 bridgehead atoms. The van der Waals surface area contributed by atoms with Crippen molar-refractivity contribution < 1.29 is 14.3 Å². The molecular formula is C27H25FN4O2. The number of phenols is 1. The van der Waals surface area contributed by atoms with E-state index in [2.05, 4.69) is 4.90 Å². The number of piperazine rings is 1. The molecule has 0 atom stereocenters. The van der Waals surface area contributed by atoms with Crippen LogP contribution in [0.3, 0.4) is 0 Å². The monoisotopic (exact) mass is 456 g/mol. The van der Waals surface area contributed by atoms with E-state index in [4.69, 9.17) is 5.10 Å². The number of aromatic hydroxyl groups is 1. The molecule has 6 nitrogen and oxygen atoms in total. The second kappa shape index (κ2) is 9.02. The van der Waals surface area contributed by atoms with Crippen LogP contribution < -0.4 is 4.90 Å². The molecule has 7 heteroatoms. The zero-order chi connectivity index (χ0) is 23.7. The molecule has 1 N–H and O–H groups in total. The molecule has 1 aliphatic rings. The Hall–Kier alpha value is -4.13. The Bertz CT molecular complexity index is 1310. The van der Waals surface area contributed by atoms with Crippen LogP contribution in [0.5, 0.6) is 5.75 Å². The van der Waals surface area contributed by atoms with Crippen LogP contribution in [0.2, 0.25) is 0 Å². The largest absolute Gasteiger partial charge is 0.508 e. The minimum atomic E-state index is -0.324. The van der Waals surface area contributed by atoms with E-state index in [-0.39, 0.29) is 17.5 Å². The van der Waals surface area contributed by atoms with Gasteiger partial charge in [-0.3, -0.25) is 4.79 Å². The first-order valence-electron chi connectivity index (χ1n) is 11.2. The third kappa shape index (κ3) is 4.37. The van der Waals surface area contributed by atoms with E-state index < -0.39 is 0 Å². The van der Waals surface area contributed by atoms with E-state index in [1.807, 2.05) is 48.2 Å². The predicted octanol–water partition coefficient (Wildman–Crippen LogP) is 4.65. The molecule has 34 heavy (non-hydrogen) atoms. The van der Waals surface area contributed by atoms with Gasteiger partial charge in [0.15, 0.2) is 0 Å². The summed E-state index contributed by atoms with van der Waals surface area (Å²) in [6.07, 6.45) is 1.73. The van der Waals surface area contributed by atoms with Crippen molar-refractivity contribution in [2.45, 2.75) is 6.92 Å². The molecule has 0 spiro atoms. The van der Waals surface area contributed by atoms with Crippen molar-refractivity contribution in [2.75, 3.05) is 31.1 Å². The number of nitrogens with zero attached hydrogens (tertiary/aromatic N) is 4. The van der Waals surface area contributed by atoms with Crippen molar-refractivity contribution in [3.63, 3.8) is 0 Å². The maximum atomic E-state index is 13.6. The molecule has 0 radical (unpaired) electrons. The van der Waals surface area contributed by atoms with Crippen molar-refractivity contribution >= 4 is 11.6 Å². The summed E-state index contributed by atoms with van der Waals surface area (Å²) in [6.45, 7) is 4.47. The number of carbonyl (C=O) groups is 1. The molecule has 1 fully saturated rings. The lowest BCUT2D eigenvalue weighted by Crippen LogP contribution is -2.48. The predicted molar refractivity (Wildman–Crippen MR) is 130 cm³/mol. The summed E-state index contributed by atoms with van der Waals surface area (Å²) in [5.41, 5.74) is 4.72. The lowest BCUT2D eigenvalue weighted by atomic mass is 10.1. The molecule has 1 aliphatic heterocycles.